The Bertz CT molecular complexity index is 520. The maximum absolute atomic E-state index is 13.0. The fraction of sp³-hybridized carbons (Fsp3) is 0.611. The molecule has 1 N–H and O–H groups in total. The van der Waals surface area contributed by atoms with Crippen molar-refractivity contribution in [1.82, 2.24) is 10.2 Å². The minimum Gasteiger partial charge on any atom is -0.317 e. The molecule has 3 nitrogen and oxygen atoms in total. The van der Waals surface area contributed by atoms with Crippen molar-refractivity contribution in [2.75, 3.05) is 19.6 Å². The quantitative estimate of drug-likeness (QED) is 0.867. The number of nitrogens with one attached hydrogen (secondary N) is 1. The molecule has 21 heavy (non-hydrogen) atoms. The molecule has 0 radical (unpaired) electrons. The van der Waals surface area contributed by atoms with Crippen molar-refractivity contribution in [3.63, 3.8) is 0 Å². The zero-order chi connectivity index (χ0) is 14.8. The van der Waals surface area contributed by atoms with E-state index in [0.717, 1.165) is 43.6 Å². The molecule has 1 unspecified atom stereocenters. The van der Waals surface area contributed by atoms with Gasteiger partial charge >= 0.3 is 0 Å². The number of aryl methyl sites for hydroxylation is 2. The highest BCUT2D eigenvalue weighted by molar-refractivity contribution is 6.01. The lowest BCUT2D eigenvalue weighted by Crippen LogP contribution is -2.48. The van der Waals surface area contributed by atoms with Crippen LogP contribution in [-0.2, 0) is 0 Å². The van der Waals surface area contributed by atoms with E-state index in [-0.39, 0.29) is 6.04 Å². The van der Waals surface area contributed by atoms with E-state index in [0.29, 0.717) is 11.8 Å². The summed E-state index contributed by atoms with van der Waals surface area (Å²) < 4.78 is 0. The predicted molar refractivity (Wildman–Crippen MR) is 85.9 cm³/mol. The third-order valence-corrected chi connectivity index (χ3v) is 5.03. The molecule has 2 heterocycles. The molecule has 3 rings (SSSR count). The summed E-state index contributed by atoms with van der Waals surface area (Å²) in [6.07, 6.45) is 4.54. The molecule has 0 saturated carbocycles. The van der Waals surface area contributed by atoms with E-state index < -0.39 is 0 Å². The Morgan fingerprint density at radius 2 is 1.95 bits per heavy atom. The van der Waals surface area contributed by atoms with Gasteiger partial charge in [-0.25, -0.2) is 0 Å². The van der Waals surface area contributed by atoms with Crippen molar-refractivity contribution in [3.8, 4) is 0 Å². The van der Waals surface area contributed by atoms with Crippen LogP contribution in [0.25, 0.3) is 0 Å². The monoisotopic (exact) mass is 286 g/mol. The maximum Gasteiger partial charge on any atom is 0.180 e. The maximum atomic E-state index is 13.0. The Kier molecular flexibility index (Phi) is 4.41. The van der Waals surface area contributed by atoms with Crippen molar-refractivity contribution in [2.24, 2.45) is 0 Å². The summed E-state index contributed by atoms with van der Waals surface area (Å²) in [5.41, 5.74) is 3.22. The van der Waals surface area contributed by atoms with E-state index >= 15 is 0 Å². The molecule has 0 bridgehead atoms. The highest BCUT2D eigenvalue weighted by Gasteiger charge is 2.36. The average Bonchev–Trinajstić information content (AvgIpc) is 2.99. The molecule has 0 aliphatic carbocycles. The first-order valence-corrected chi connectivity index (χ1v) is 8.25. The van der Waals surface area contributed by atoms with Gasteiger partial charge in [0.05, 0.1) is 6.04 Å². The largest absolute Gasteiger partial charge is 0.317 e. The second kappa shape index (κ2) is 6.29. The van der Waals surface area contributed by atoms with Crippen molar-refractivity contribution >= 4 is 5.78 Å². The van der Waals surface area contributed by atoms with E-state index in [4.69, 9.17) is 0 Å². The number of Topliss-reactive ketones (excluding diaryl/α,β-unsaturated/α-hetero) is 1. The second-order valence-electron chi connectivity index (χ2n) is 6.56. The van der Waals surface area contributed by atoms with Crippen LogP contribution in [-0.4, -0.2) is 42.4 Å². The molecule has 0 amide bonds. The average molecular weight is 286 g/mol. The van der Waals surface area contributed by atoms with E-state index in [1.54, 1.807) is 0 Å². The summed E-state index contributed by atoms with van der Waals surface area (Å²) in [4.78, 5) is 15.5. The molecule has 2 aliphatic heterocycles. The molecule has 2 fully saturated rings. The van der Waals surface area contributed by atoms with Crippen LogP contribution >= 0.6 is 0 Å². The molecular weight excluding hydrogens is 260 g/mol. The van der Waals surface area contributed by atoms with E-state index in [9.17, 15) is 4.79 Å². The smallest absolute Gasteiger partial charge is 0.180 e. The van der Waals surface area contributed by atoms with Crippen LogP contribution in [0.3, 0.4) is 0 Å². The van der Waals surface area contributed by atoms with Crippen molar-refractivity contribution in [1.29, 1.82) is 0 Å². The first-order valence-electron chi connectivity index (χ1n) is 8.25. The van der Waals surface area contributed by atoms with Gasteiger partial charge in [0.25, 0.3) is 0 Å². The Labute approximate surface area is 127 Å². The number of carbonyl (C=O) groups excluding carboxylic acids is 1. The normalized spacial score (nSPS) is 24.4. The third-order valence-electron chi connectivity index (χ3n) is 5.03. The highest BCUT2D eigenvalue weighted by atomic mass is 16.1. The van der Waals surface area contributed by atoms with Crippen LogP contribution in [0, 0.1) is 13.8 Å². The minimum atomic E-state index is 0.105. The van der Waals surface area contributed by atoms with Crippen LogP contribution < -0.4 is 5.32 Å². The van der Waals surface area contributed by atoms with Crippen molar-refractivity contribution < 1.29 is 4.79 Å². The summed E-state index contributed by atoms with van der Waals surface area (Å²) in [6.45, 7) is 7.38. The molecule has 2 aliphatic rings. The first kappa shape index (κ1) is 14.7. The molecule has 3 heteroatoms. The van der Waals surface area contributed by atoms with E-state index in [1.807, 2.05) is 0 Å². The van der Waals surface area contributed by atoms with Gasteiger partial charge < -0.3 is 5.32 Å². The van der Waals surface area contributed by atoms with Gasteiger partial charge in [-0.3, -0.25) is 9.69 Å². The lowest BCUT2D eigenvalue weighted by molar-refractivity contribution is 0.0783. The number of rotatable bonds is 3. The fourth-order valence-electron chi connectivity index (χ4n) is 3.83. The van der Waals surface area contributed by atoms with Gasteiger partial charge in [0.15, 0.2) is 5.78 Å². The lowest BCUT2D eigenvalue weighted by Gasteiger charge is -2.35. The molecule has 0 aromatic heterocycles. The Morgan fingerprint density at radius 1 is 1.19 bits per heavy atom. The van der Waals surface area contributed by atoms with E-state index in [2.05, 4.69) is 42.3 Å². The number of piperidine rings is 1. The van der Waals surface area contributed by atoms with Crippen LogP contribution in [0.15, 0.2) is 18.2 Å². The summed E-state index contributed by atoms with van der Waals surface area (Å²) in [7, 11) is 0. The summed E-state index contributed by atoms with van der Waals surface area (Å²) in [6, 6.07) is 6.93. The number of nitrogens with zero attached hydrogens (tertiary/aromatic N) is 1. The van der Waals surface area contributed by atoms with Gasteiger partial charge in [-0.1, -0.05) is 17.7 Å². The number of hydrogen-bond donors (Lipinski definition) is 1. The molecule has 1 aromatic carbocycles. The van der Waals surface area contributed by atoms with Gasteiger partial charge in [-0.05, 0) is 70.8 Å². The zero-order valence-electron chi connectivity index (χ0n) is 13.2. The third kappa shape index (κ3) is 3.04. The highest BCUT2D eigenvalue weighted by Crippen LogP contribution is 2.28. The molecule has 2 saturated heterocycles. The number of ketones is 1. The molecular formula is C18H26N2O. The molecule has 1 aromatic rings. The SMILES string of the molecule is Cc1ccc(C)c(C(=O)C2CCCN2C2CCNCC2)c1. The number of carbonyl (C=O) groups is 1. The van der Waals surface area contributed by atoms with Crippen LogP contribution in [0.5, 0.6) is 0 Å². The summed E-state index contributed by atoms with van der Waals surface area (Å²) >= 11 is 0. The van der Waals surface area contributed by atoms with Crippen LogP contribution in [0.1, 0.15) is 47.2 Å². The second-order valence-corrected chi connectivity index (χ2v) is 6.56. The Morgan fingerprint density at radius 3 is 2.71 bits per heavy atom. The van der Waals surface area contributed by atoms with Gasteiger partial charge in [0.2, 0.25) is 0 Å². The lowest BCUT2D eigenvalue weighted by atomic mass is 9.95. The van der Waals surface area contributed by atoms with Gasteiger partial charge in [-0.2, -0.15) is 0 Å². The summed E-state index contributed by atoms with van der Waals surface area (Å²) in [5, 5.41) is 3.42. The van der Waals surface area contributed by atoms with Crippen molar-refractivity contribution in [2.45, 2.75) is 51.6 Å². The molecule has 1 atom stereocenters. The Hall–Kier alpha value is -1.19. The first-order chi connectivity index (χ1) is 10.2. The number of benzene rings is 1. The van der Waals surface area contributed by atoms with Crippen LogP contribution in [0.4, 0.5) is 0 Å². The standard InChI is InChI=1S/C18H26N2O/c1-13-5-6-14(2)16(12-13)18(21)17-4-3-11-20(17)15-7-9-19-10-8-15/h5-6,12,15,17,19H,3-4,7-11H2,1-2H3. The molecule has 114 valence electrons. The Balaban J connectivity index is 1.80. The summed E-state index contributed by atoms with van der Waals surface area (Å²) in [5.74, 6) is 0.340. The predicted octanol–water partition coefficient (Wildman–Crippen LogP) is 2.70. The zero-order valence-corrected chi connectivity index (χ0v) is 13.2. The van der Waals surface area contributed by atoms with Gasteiger partial charge in [0.1, 0.15) is 0 Å². The van der Waals surface area contributed by atoms with Gasteiger partial charge in [0, 0.05) is 11.6 Å². The fourth-order valence-corrected chi connectivity index (χ4v) is 3.83. The molecule has 0 spiro atoms. The minimum absolute atomic E-state index is 0.105. The topological polar surface area (TPSA) is 32.3 Å². The van der Waals surface area contributed by atoms with E-state index in [1.165, 1.54) is 18.4 Å². The number of likely N-dealkylation sites (tertiary alicyclic amines) is 1. The van der Waals surface area contributed by atoms with Crippen LogP contribution in [0.2, 0.25) is 0 Å². The van der Waals surface area contributed by atoms with Gasteiger partial charge in [-0.15, -0.1) is 0 Å². The van der Waals surface area contributed by atoms with Crippen molar-refractivity contribution in [3.05, 3.63) is 34.9 Å². The number of hydrogen-bond acceptors (Lipinski definition) is 3.